The number of nitrogens with zero attached hydrogens (tertiary/aromatic N) is 2. The third-order valence-electron chi connectivity index (χ3n) is 0.954. The molecule has 0 radical (unpaired) electrons. The molecule has 0 N–H and O–H groups in total. The number of hydrogen-bond donors (Lipinski definition) is 0. The smallest absolute Gasteiger partial charge is 0.421 e. The summed E-state index contributed by atoms with van der Waals surface area (Å²) >= 11 is 0. The van der Waals surface area contributed by atoms with Gasteiger partial charge in [-0.3, -0.25) is 0 Å². The van der Waals surface area contributed by atoms with Crippen molar-refractivity contribution in [2.75, 3.05) is 13.7 Å². The molecule has 5 nitrogen and oxygen atoms in total. The molecule has 0 aromatic rings. The molecular weight excluding hydrogens is 160 g/mol. The fraction of sp³-hybridized carbons (Fsp3) is 0.429. The van der Waals surface area contributed by atoms with E-state index in [1.54, 1.807) is 6.92 Å². The van der Waals surface area contributed by atoms with Gasteiger partial charge in [0.15, 0.2) is 0 Å². The van der Waals surface area contributed by atoms with Gasteiger partial charge >= 0.3 is 11.7 Å². The second-order valence-electron chi connectivity index (χ2n) is 1.74. The van der Waals surface area contributed by atoms with Crippen LogP contribution in [0.15, 0.2) is 12.3 Å². The van der Waals surface area contributed by atoms with E-state index < -0.39 is 5.97 Å². The van der Waals surface area contributed by atoms with E-state index in [0.29, 0.717) is 0 Å². The topological polar surface area (TPSA) is 71.9 Å². The molecule has 0 amide bonds. The molecule has 0 saturated heterocycles. The molecule has 0 bridgehead atoms. The van der Waals surface area contributed by atoms with Crippen LogP contribution in [0, 0.1) is 0 Å². The van der Waals surface area contributed by atoms with Crippen molar-refractivity contribution in [1.29, 1.82) is 0 Å². The Kier molecular flexibility index (Phi) is 5.30. The van der Waals surface area contributed by atoms with Gasteiger partial charge in [0.2, 0.25) is 0 Å². The molecule has 0 spiro atoms. The lowest BCUT2D eigenvalue weighted by atomic mass is 10.4. The van der Waals surface area contributed by atoms with E-state index in [4.69, 9.17) is 5.53 Å². The molecule has 0 aromatic heterocycles. The minimum atomic E-state index is -0.687. The fourth-order valence-electron chi connectivity index (χ4n) is 0.480. The zero-order valence-electron chi connectivity index (χ0n) is 6.98. The number of esters is 1. The van der Waals surface area contributed by atoms with Gasteiger partial charge in [-0.15, -0.1) is 0 Å². The van der Waals surface area contributed by atoms with Gasteiger partial charge in [0.25, 0.3) is 0 Å². The Labute approximate surface area is 70.2 Å². The van der Waals surface area contributed by atoms with E-state index in [2.05, 4.69) is 14.3 Å². The van der Waals surface area contributed by atoms with Crippen LogP contribution in [0.25, 0.3) is 5.53 Å². The van der Waals surface area contributed by atoms with Crippen molar-refractivity contribution in [3.8, 4) is 0 Å². The summed E-state index contributed by atoms with van der Waals surface area (Å²) in [4.78, 5) is 13.6. The first-order valence-corrected chi connectivity index (χ1v) is 3.34. The molecule has 12 heavy (non-hydrogen) atoms. The Balaban J connectivity index is 4.27. The number of rotatable bonds is 4. The van der Waals surface area contributed by atoms with Crippen molar-refractivity contribution >= 4 is 11.7 Å². The van der Waals surface area contributed by atoms with Gasteiger partial charge in [-0.1, -0.05) is 0 Å². The predicted molar refractivity (Wildman–Crippen MR) is 41.4 cm³/mol. The molecule has 0 fully saturated rings. The molecule has 0 unspecified atom stereocenters. The minimum absolute atomic E-state index is 0.196. The number of carbonyl (C=O) groups excluding carboxylic acids is 1. The molecule has 0 heterocycles. The quantitative estimate of drug-likeness (QED) is 0.201. The first-order chi connectivity index (χ1) is 5.76. The number of hydrogen-bond acceptors (Lipinski definition) is 3. The van der Waals surface area contributed by atoms with Gasteiger partial charge in [-0.2, -0.15) is 4.79 Å². The highest BCUT2D eigenvalue weighted by atomic mass is 16.5. The summed E-state index contributed by atoms with van der Waals surface area (Å²) in [6, 6.07) is 0. The Morgan fingerprint density at radius 3 is 2.75 bits per heavy atom. The first kappa shape index (κ1) is 10.4. The largest absolute Gasteiger partial charge is 0.504 e. The first-order valence-electron chi connectivity index (χ1n) is 3.34. The number of ether oxygens (including phenoxy) is 2. The lowest BCUT2D eigenvalue weighted by Gasteiger charge is -1.92. The summed E-state index contributed by atoms with van der Waals surface area (Å²) < 4.78 is 9.08. The highest BCUT2D eigenvalue weighted by molar-refractivity contribution is 6.38. The SMILES string of the molecule is CCOC(=O)C(/C=C/OC)=[N+]=[N-]. The Bertz CT molecular complexity index is 229. The van der Waals surface area contributed by atoms with Crippen LogP contribution in [-0.4, -0.2) is 30.2 Å². The summed E-state index contributed by atoms with van der Waals surface area (Å²) in [5, 5.41) is 0. The fourth-order valence-corrected chi connectivity index (χ4v) is 0.480. The lowest BCUT2D eigenvalue weighted by Crippen LogP contribution is -2.16. The van der Waals surface area contributed by atoms with Crippen molar-refractivity contribution in [3.63, 3.8) is 0 Å². The van der Waals surface area contributed by atoms with Crippen LogP contribution < -0.4 is 0 Å². The van der Waals surface area contributed by atoms with Crippen LogP contribution in [0.2, 0.25) is 0 Å². The molecular formula is C7H10N2O3. The van der Waals surface area contributed by atoms with Gasteiger partial charge in [-0.05, 0) is 6.92 Å². The van der Waals surface area contributed by atoms with E-state index in [-0.39, 0.29) is 12.3 Å². The zero-order valence-corrected chi connectivity index (χ0v) is 6.98. The zero-order chi connectivity index (χ0) is 9.40. The monoisotopic (exact) mass is 170 g/mol. The van der Waals surface area contributed by atoms with Crippen LogP contribution in [0.3, 0.4) is 0 Å². The van der Waals surface area contributed by atoms with E-state index >= 15 is 0 Å². The minimum Gasteiger partial charge on any atom is -0.504 e. The molecule has 66 valence electrons. The second-order valence-corrected chi connectivity index (χ2v) is 1.74. The number of methoxy groups -OCH3 is 1. The highest BCUT2D eigenvalue weighted by Crippen LogP contribution is 1.84. The van der Waals surface area contributed by atoms with Crippen LogP contribution in [0.5, 0.6) is 0 Å². The third kappa shape index (κ3) is 3.53. The van der Waals surface area contributed by atoms with Crippen LogP contribution in [-0.2, 0) is 14.3 Å². The van der Waals surface area contributed by atoms with Crippen molar-refractivity contribution in [2.45, 2.75) is 6.92 Å². The Morgan fingerprint density at radius 1 is 1.67 bits per heavy atom. The van der Waals surface area contributed by atoms with Gasteiger partial charge in [0.05, 0.1) is 26.1 Å². The summed E-state index contributed by atoms with van der Waals surface area (Å²) in [7, 11) is 1.41. The number of carbonyl (C=O) groups is 1. The summed E-state index contributed by atoms with van der Waals surface area (Å²) in [6.45, 7) is 1.89. The molecule has 0 saturated carbocycles. The second kappa shape index (κ2) is 6.12. The van der Waals surface area contributed by atoms with Gasteiger partial charge < -0.3 is 15.0 Å². The maximum Gasteiger partial charge on any atom is 0.421 e. The maximum atomic E-state index is 10.9. The van der Waals surface area contributed by atoms with Crippen molar-refractivity contribution in [2.24, 2.45) is 0 Å². The van der Waals surface area contributed by atoms with Crippen LogP contribution in [0.4, 0.5) is 0 Å². The molecule has 0 aromatic carbocycles. The van der Waals surface area contributed by atoms with Crippen molar-refractivity contribution in [1.82, 2.24) is 0 Å². The van der Waals surface area contributed by atoms with Crippen molar-refractivity contribution < 1.29 is 19.1 Å². The van der Waals surface area contributed by atoms with E-state index in [9.17, 15) is 4.79 Å². The molecule has 0 aliphatic heterocycles. The molecule has 0 rings (SSSR count). The molecule has 0 atom stereocenters. The molecule has 0 aliphatic carbocycles. The average Bonchev–Trinajstić information content (AvgIpc) is 2.06. The van der Waals surface area contributed by atoms with E-state index in [1.165, 1.54) is 19.4 Å². The van der Waals surface area contributed by atoms with E-state index in [0.717, 1.165) is 0 Å². The van der Waals surface area contributed by atoms with E-state index in [1.807, 2.05) is 0 Å². The van der Waals surface area contributed by atoms with Crippen LogP contribution >= 0.6 is 0 Å². The van der Waals surface area contributed by atoms with Gasteiger partial charge in [0, 0.05) is 0 Å². The third-order valence-corrected chi connectivity index (χ3v) is 0.954. The summed E-state index contributed by atoms with van der Waals surface area (Å²) in [6.07, 6.45) is 2.42. The van der Waals surface area contributed by atoms with Gasteiger partial charge in [-0.25, -0.2) is 4.79 Å². The maximum absolute atomic E-state index is 10.9. The molecule has 0 aliphatic rings. The summed E-state index contributed by atoms with van der Waals surface area (Å²) in [5.41, 5.74) is 8.13. The lowest BCUT2D eigenvalue weighted by molar-refractivity contribution is -0.139. The predicted octanol–water partition coefficient (Wildman–Crippen LogP) is 0.380. The Morgan fingerprint density at radius 2 is 2.33 bits per heavy atom. The Hall–Kier alpha value is -1.61. The normalized spacial score (nSPS) is 9.17. The summed E-state index contributed by atoms with van der Waals surface area (Å²) in [5.74, 6) is -0.687. The highest BCUT2D eigenvalue weighted by Gasteiger charge is 2.17. The van der Waals surface area contributed by atoms with Crippen molar-refractivity contribution in [3.05, 3.63) is 17.9 Å². The van der Waals surface area contributed by atoms with Crippen LogP contribution in [0.1, 0.15) is 6.92 Å². The molecule has 5 heteroatoms. The van der Waals surface area contributed by atoms with Gasteiger partial charge in [0.1, 0.15) is 0 Å². The standard InChI is InChI=1S/C7H10N2O3/c1-3-12-7(10)6(9-8)4-5-11-2/h4-5H,3H2,1-2H3/b5-4+. The average molecular weight is 170 g/mol.